The van der Waals surface area contributed by atoms with Crippen molar-refractivity contribution in [2.45, 2.75) is 322 Å². The van der Waals surface area contributed by atoms with Crippen LogP contribution in [0, 0.1) is 0 Å². The summed E-state index contributed by atoms with van der Waals surface area (Å²) in [6.07, 6.45) is 75.9. The quantitative estimate of drug-likeness (QED) is 0.0261. The van der Waals surface area contributed by atoms with Gasteiger partial charge in [0.15, 0.2) is 6.10 Å². The maximum atomic E-state index is 12.7. The summed E-state index contributed by atoms with van der Waals surface area (Å²) in [6, 6.07) is 0. The van der Waals surface area contributed by atoms with E-state index in [2.05, 4.69) is 69.4 Å². The minimum atomic E-state index is -0.824. The molecule has 0 aromatic carbocycles. The second kappa shape index (κ2) is 59.7. The Morgan fingerprint density at radius 3 is 0.803 bits per heavy atom. The first-order chi connectivity index (χ1) is 35.0. The summed E-state index contributed by atoms with van der Waals surface area (Å²) in [5.41, 5.74) is 0. The molecule has 0 aliphatic heterocycles. The molecule has 0 rings (SSSR count). The average Bonchev–Trinajstić information content (AvgIpc) is 3.37. The van der Waals surface area contributed by atoms with Crippen molar-refractivity contribution in [3.63, 3.8) is 0 Å². The fourth-order valence-electron chi connectivity index (χ4n) is 8.99. The van der Waals surface area contributed by atoms with Gasteiger partial charge in [-0.2, -0.15) is 0 Å². The van der Waals surface area contributed by atoms with Crippen LogP contribution in [0.3, 0.4) is 0 Å². The number of hydrogen-bond donors (Lipinski definition) is 0. The molecule has 0 aliphatic rings. The molecule has 0 fully saturated rings. The van der Waals surface area contributed by atoms with Crippen LogP contribution in [0.4, 0.5) is 0 Å². The second-order valence-electron chi connectivity index (χ2n) is 20.6. The molecule has 0 radical (unpaired) electrons. The summed E-state index contributed by atoms with van der Waals surface area (Å²) in [6.45, 7) is 6.43. The van der Waals surface area contributed by atoms with Gasteiger partial charge in [-0.1, -0.05) is 313 Å². The van der Waals surface area contributed by atoms with Crippen LogP contribution in [0.15, 0.2) is 60.8 Å². The summed E-state index contributed by atoms with van der Waals surface area (Å²) in [7, 11) is 0. The molecule has 0 spiro atoms. The molecule has 0 N–H and O–H groups in total. The first kappa shape index (κ1) is 68.1. The zero-order valence-electron chi connectivity index (χ0n) is 47.2. The van der Waals surface area contributed by atoms with Crippen LogP contribution >= 0.6 is 0 Å². The van der Waals surface area contributed by atoms with Crippen molar-refractivity contribution in [2.75, 3.05) is 13.2 Å². The van der Waals surface area contributed by atoms with Gasteiger partial charge in [0.25, 0.3) is 0 Å². The molecular formula is C65H116O6. The summed E-state index contributed by atoms with van der Waals surface area (Å²) in [5, 5.41) is 0. The third kappa shape index (κ3) is 57.9. The number of unbranched alkanes of at least 4 members (excludes halogenated alkanes) is 36. The topological polar surface area (TPSA) is 78.9 Å². The molecule has 0 heterocycles. The highest BCUT2D eigenvalue weighted by Gasteiger charge is 2.19. The minimum Gasteiger partial charge on any atom is -0.462 e. The van der Waals surface area contributed by atoms with Gasteiger partial charge in [0.1, 0.15) is 13.2 Å². The Kier molecular flexibility index (Phi) is 57.2. The molecule has 0 aliphatic carbocycles. The van der Waals surface area contributed by atoms with Crippen molar-refractivity contribution in [3.8, 4) is 0 Å². The van der Waals surface area contributed by atoms with Crippen LogP contribution in [0.1, 0.15) is 316 Å². The monoisotopic (exact) mass is 993 g/mol. The molecular weight excluding hydrogens is 877 g/mol. The summed E-state index contributed by atoms with van der Waals surface area (Å²) in [5.74, 6) is -1.04. The predicted octanol–water partition coefficient (Wildman–Crippen LogP) is 20.8. The molecule has 0 saturated carbocycles. The van der Waals surface area contributed by atoms with Crippen molar-refractivity contribution in [2.24, 2.45) is 0 Å². The molecule has 6 heteroatoms. The third-order valence-corrected chi connectivity index (χ3v) is 13.6. The third-order valence-electron chi connectivity index (χ3n) is 13.6. The van der Waals surface area contributed by atoms with Gasteiger partial charge >= 0.3 is 17.9 Å². The lowest BCUT2D eigenvalue weighted by Crippen LogP contribution is -2.30. The number of ether oxygens (including phenoxy) is 3. The van der Waals surface area contributed by atoms with Gasteiger partial charge in [-0.05, 0) is 44.9 Å². The normalized spacial score (nSPS) is 12.4. The number of esters is 3. The highest BCUT2D eigenvalue weighted by atomic mass is 16.6. The lowest BCUT2D eigenvalue weighted by Gasteiger charge is -2.18. The molecule has 6 nitrogen and oxygen atoms in total. The van der Waals surface area contributed by atoms with Crippen LogP contribution in [-0.2, 0) is 28.6 Å². The number of carbonyl (C=O) groups excluding carboxylic acids is 3. The maximum absolute atomic E-state index is 12.7. The van der Waals surface area contributed by atoms with E-state index in [9.17, 15) is 14.4 Å². The van der Waals surface area contributed by atoms with E-state index in [0.29, 0.717) is 12.8 Å². The molecule has 71 heavy (non-hydrogen) atoms. The molecule has 0 aromatic heterocycles. The van der Waals surface area contributed by atoms with E-state index in [1.165, 1.54) is 205 Å². The zero-order valence-corrected chi connectivity index (χ0v) is 47.2. The first-order valence-corrected chi connectivity index (χ1v) is 30.8. The Morgan fingerprint density at radius 2 is 0.535 bits per heavy atom. The van der Waals surface area contributed by atoms with Crippen molar-refractivity contribution < 1.29 is 28.6 Å². The fourth-order valence-corrected chi connectivity index (χ4v) is 8.99. The Bertz CT molecular complexity index is 1280. The minimum absolute atomic E-state index is 0.101. The SMILES string of the molecule is CC/C=C\C/C=C\C/C=C\C/C=C\C/C=C\CC(=O)OC(COC(=O)CCCCCCCCC)COC(=O)CCCCCCCCCCCCCCCCCCCCCCCCCCCCCCCCC. The van der Waals surface area contributed by atoms with E-state index in [1.54, 1.807) is 6.08 Å². The highest BCUT2D eigenvalue weighted by molar-refractivity contribution is 5.72. The van der Waals surface area contributed by atoms with Crippen molar-refractivity contribution in [1.29, 1.82) is 0 Å². The van der Waals surface area contributed by atoms with Crippen LogP contribution in [0.25, 0.3) is 0 Å². The van der Waals surface area contributed by atoms with Crippen molar-refractivity contribution >= 4 is 17.9 Å². The second-order valence-corrected chi connectivity index (χ2v) is 20.6. The lowest BCUT2D eigenvalue weighted by atomic mass is 10.0. The molecule has 0 amide bonds. The van der Waals surface area contributed by atoms with Gasteiger partial charge in [0.05, 0.1) is 6.42 Å². The molecule has 1 atom stereocenters. The average molecular weight is 994 g/mol. The van der Waals surface area contributed by atoms with Gasteiger partial charge in [-0.25, -0.2) is 0 Å². The van der Waals surface area contributed by atoms with Gasteiger partial charge in [0.2, 0.25) is 0 Å². The Morgan fingerprint density at radius 1 is 0.296 bits per heavy atom. The largest absolute Gasteiger partial charge is 0.462 e. The number of hydrogen-bond acceptors (Lipinski definition) is 6. The van der Waals surface area contributed by atoms with Gasteiger partial charge in [0, 0.05) is 12.8 Å². The van der Waals surface area contributed by atoms with E-state index in [-0.39, 0.29) is 31.6 Å². The molecule has 412 valence electrons. The van der Waals surface area contributed by atoms with E-state index in [1.807, 2.05) is 6.08 Å². The van der Waals surface area contributed by atoms with Gasteiger partial charge in [-0.15, -0.1) is 0 Å². The summed E-state index contributed by atoms with van der Waals surface area (Å²) in [4.78, 5) is 37.8. The van der Waals surface area contributed by atoms with E-state index < -0.39 is 12.1 Å². The van der Waals surface area contributed by atoms with E-state index >= 15 is 0 Å². The van der Waals surface area contributed by atoms with Crippen LogP contribution < -0.4 is 0 Å². The predicted molar refractivity (Wildman–Crippen MR) is 307 cm³/mol. The number of allylic oxidation sites excluding steroid dienone is 9. The smallest absolute Gasteiger partial charge is 0.310 e. The highest BCUT2D eigenvalue weighted by Crippen LogP contribution is 2.18. The van der Waals surface area contributed by atoms with E-state index in [4.69, 9.17) is 14.2 Å². The molecule has 0 saturated heterocycles. The Labute approximate surface area is 440 Å². The van der Waals surface area contributed by atoms with Crippen LogP contribution in [0.5, 0.6) is 0 Å². The number of rotatable bonds is 56. The Balaban J connectivity index is 4.04. The molecule has 0 aromatic rings. The zero-order chi connectivity index (χ0) is 51.4. The first-order valence-electron chi connectivity index (χ1n) is 30.8. The fraction of sp³-hybridized carbons (Fsp3) is 0.800. The van der Waals surface area contributed by atoms with E-state index in [0.717, 1.165) is 70.6 Å². The summed E-state index contributed by atoms with van der Waals surface area (Å²) < 4.78 is 16.7. The van der Waals surface area contributed by atoms with Crippen LogP contribution in [0.2, 0.25) is 0 Å². The molecule has 1 unspecified atom stereocenters. The van der Waals surface area contributed by atoms with Gasteiger partial charge < -0.3 is 14.2 Å². The Hall–Kier alpha value is -2.89. The molecule has 0 bridgehead atoms. The lowest BCUT2D eigenvalue weighted by molar-refractivity contribution is -0.166. The van der Waals surface area contributed by atoms with Gasteiger partial charge in [-0.3, -0.25) is 14.4 Å². The van der Waals surface area contributed by atoms with Crippen LogP contribution in [-0.4, -0.2) is 37.2 Å². The van der Waals surface area contributed by atoms with Crippen molar-refractivity contribution in [1.82, 2.24) is 0 Å². The number of carbonyl (C=O) groups is 3. The van der Waals surface area contributed by atoms with Crippen molar-refractivity contribution in [3.05, 3.63) is 60.8 Å². The maximum Gasteiger partial charge on any atom is 0.310 e. The summed E-state index contributed by atoms with van der Waals surface area (Å²) >= 11 is 0. The standard InChI is InChI=1S/C65H116O6/c1-4-7-10-13-16-18-20-22-24-25-26-27-28-29-30-31-32-33-34-35-36-37-38-39-41-42-44-46-49-52-55-58-64(67)70-61-62(60-69-63(66)57-54-51-48-15-12-9-6-3)71-65(68)59-56-53-50-47-45-43-40-23-21-19-17-14-11-8-5-2/h8,11,17,19,23,40,45,47,53,56,62H,4-7,9-10,12-16,18,20-22,24-39,41-44,46,48-52,54-55,57-61H2,1-3H3/b11-8-,19-17-,40-23-,47-45-,56-53-.